The third-order valence-corrected chi connectivity index (χ3v) is 2.96. The molecule has 0 amide bonds. The van der Waals surface area contributed by atoms with Gasteiger partial charge in [0.1, 0.15) is 11.6 Å². The molecule has 80 valence electrons. The van der Waals surface area contributed by atoms with Crippen LogP contribution in [0, 0.1) is 30.4 Å². The molecule has 1 nitrogen and oxygen atoms in total. The monoisotopic (exact) mass is 210 g/mol. The second kappa shape index (κ2) is 3.40. The number of hydrogen-bond acceptors (Lipinski definition) is 1. The number of carbonyl (C=O) groups is 1. The molecule has 0 spiro atoms. The summed E-state index contributed by atoms with van der Waals surface area (Å²) in [5.41, 5.74) is 0.125. The largest absolute Gasteiger partial charge is 0.294 e. The Morgan fingerprint density at radius 3 is 2.47 bits per heavy atom. The maximum Gasteiger partial charge on any atom is 0.169 e. The first-order valence-electron chi connectivity index (χ1n) is 5.00. The Labute approximate surface area is 87.1 Å². The third-order valence-electron chi connectivity index (χ3n) is 2.96. The molecule has 0 heterocycles. The quantitative estimate of drug-likeness (QED) is 0.685. The molecule has 1 aliphatic carbocycles. The molecule has 2 atom stereocenters. The predicted octanol–water partition coefficient (Wildman–Crippen LogP) is 3.11. The second-order valence-corrected chi connectivity index (χ2v) is 4.26. The van der Waals surface area contributed by atoms with Crippen molar-refractivity contribution in [2.24, 2.45) is 11.8 Å². The van der Waals surface area contributed by atoms with Crippen molar-refractivity contribution in [3.05, 3.63) is 34.9 Å². The van der Waals surface area contributed by atoms with Crippen molar-refractivity contribution in [3.63, 3.8) is 0 Å². The number of aryl methyl sites for hydroxylation is 1. The van der Waals surface area contributed by atoms with E-state index in [1.807, 2.05) is 6.92 Å². The average molecular weight is 210 g/mol. The SMILES string of the molecule is Cc1cc(F)c(C(=O)C2CC2C)cc1F. The minimum absolute atomic E-state index is 0.104. The molecule has 2 rings (SSSR count). The summed E-state index contributed by atoms with van der Waals surface area (Å²) in [5.74, 6) is -1.20. The minimum Gasteiger partial charge on any atom is -0.294 e. The molecule has 1 saturated carbocycles. The molecule has 1 aliphatic rings. The Kier molecular flexibility index (Phi) is 2.33. The summed E-state index contributed by atoms with van der Waals surface area (Å²) in [6, 6.07) is 2.09. The van der Waals surface area contributed by atoms with Crippen molar-refractivity contribution < 1.29 is 13.6 Å². The standard InChI is InChI=1S/C12H12F2O/c1-6-3-8(6)12(15)9-5-10(13)7(2)4-11(9)14/h4-6,8H,3H2,1-2H3. The number of benzene rings is 1. The van der Waals surface area contributed by atoms with Gasteiger partial charge in [-0.25, -0.2) is 8.78 Å². The maximum absolute atomic E-state index is 13.4. The Morgan fingerprint density at radius 1 is 1.33 bits per heavy atom. The van der Waals surface area contributed by atoms with Gasteiger partial charge < -0.3 is 0 Å². The van der Waals surface area contributed by atoms with Gasteiger partial charge in [-0.15, -0.1) is 0 Å². The molecule has 0 bridgehead atoms. The average Bonchev–Trinajstić information content (AvgIpc) is 2.88. The van der Waals surface area contributed by atoms with E-state index in [-0.39, 0.29) is 22.8 Å². The molecule has 15 heavy (non-hydrogen) atoms. The van der Waals surface area contributed by atoms with Crippen LogP contribution in [-0.2, 0) is 0 Å². The molecule has 0 aromatic heterocycles. The molecule has 3 heteroatoms. The van der Waals surface area contributed by atoms with E-state index in [1.54, 1.807) is 0 Å². The first-order chi connectivity index (χ1) is 7.00. The number of rotatable bonds is 2. The van der Waals surface area contributed by atoms with E-state index in [1.165, 1.54) is 6.92 Å². The van der Waals surface area contributed by atoms with E-state index in [4.69, 9.17) is 0 Å². The van der Waals surface area contributed by atoms with Crippen LogP contribution in [0.2, 0.25) is 0 Å². The highest BCUT2D eigenvalue weighted by Crippen LogP contribution is 2.40. The highest BCUT2D eigenvalue weighted by Gasteiger charge is 2.40. The van der Waals surface area contributed by atoms with Crippen LogP contribution >= 0.6 is 0 Å². The van der Waals surface area contributed by atoms with Gasteiger partial charge in [-0.3, -0.25) is 4.79 Å². The van der Waals surface area contributed by atoms with Gasteiger partial charge in [-0.2, -0.15) is 0 Å². The highest BCUT2D eigenvalue weighted by atomic mass is 19.1. The Hall–Kier alpha value is -1.25. The van der Waals surface area contributed by atoms with E-state index in [0.29, 0.717) is 5.92 Å². The van der Waals surface area contributed by atoms with Gasteiger partial charge in [0.05, 0.1) is 5.56 Å². The zero-order valence-electron chi connectivity index (χ0n) is 8.68. The molecule has 1 aromatic carbocycles. The summed E-state index contributed by atoms with van der Waals surface area (Å²) < 4.78 is 26.6. The van der Waals surface area contributed by atoms with Crippen molar-refractivity contribution in [1.82, 2.24) is 0 Å². The molecule has 1 fully saturated rings. The molecular weight excluding hydrogens is 198 g/mol. The first-order valence-corrected chi connectivity index (χ1v) is 5.00. The Morgan fingerprint density at radius 2 is 1.93 bits per heavy atom. The lowest BCUT2D eigenvalue weighted by Gasteiger charge is -2.03. The summed E-state index contributed by atoms with van der Waals surface area (Å²) >= 11 is 0. The maximum atomic E-state index is 13.4. The zero-order chi connectivity index (χ0) is 11.2. The van der Waals surface area contributed by atoms with E-state index >= 15 is 0 Å². The zero-order valence-corrected chi connectivity index (χ0v) is 8.68. The van der Waals surface area contributed by atoms with Crippen LogP contribution in [-0.4, -0.2) is 5.78 Å². The number of carbonyl (C=O) groups excluding carboxylic acids is 1. The number of Topliss-reactive ketones (excluding diaryl/α,β-unsaturated/α-hetero) is 1. The fraction of sp³-hybridized carbons (Fsp3) is 0.417. The van der Waals surface area contributed by atoms with Crippen LogP contribution in [0.4, 0.5) is 8.78 Å². The first kappa shape index (κ1) is 10.3. The lowest BCUT2D eigenvalue weighted by Crippen LogP contribution is -2.07. The van der Waals surface area contributed by atoms with Crippen LogP contribution < -0.4 is 0 Å². The molecule has 2 unspecified atom stereocenters. The molecular formula is C12H12F2O. The fourth-order valence-electron chi connectivity index (χ4n) is 1.72. The number of hydrogen-bond donors (Lipinski definition) is 0. The molecule has 0 aliphatic heterocycles. The van der Waals surface area contributed by atoms with E-state index in [0.717, 1.165) is 18.6 Å². The highest BCUT2D eigenvalue weighted by molar-refractivity contribution is 5.99. The van der Waals surface area contributed by atoms with Gasteiger partial charge in [0.2, 0.25) is 0 Å². The van der Waals surface area contributed by atoms with Crippen molar-refractivity contribution >= 4 is 5.78 Å². The number of halogens is 2. The van der Waals surface area contributed by atoms with Gasteiger partial charge in [0, 0.05) is 5.92 Å². The molecule has 0 N–H and O–H groups in total. The van der Waals surface area contributed by atoms with Crippen LogP contribution in [0.1, 0.15) is 29.3 Å². The van der Waals surface area contributed by atoms with Gasteiger partial charge in [0.25, 0.3) is 0 Å². The van der Waals surface area contributed by atoms with Gasteiger partial charge >= 0.3 is 0 Å². The van der Waals surface area contributed by atoms with Crippen molar-refractivity contribution in [1.29, 1.82) is 0 Å². The molecule has 0 saturated heterocycles. The van der Waals surface area contributed by atoms with E-state index in [2.05, 4.69) is 0 Å². The van der Waals surface area contributed by atoms with Crippen LogP contribution in [0.3, 0.4) is 0 Å². The van der Waals surface area contributed by atoms with E-state index in [9.17, 15) is 13.6 Å². The summed E-state index contributed by atoms with van der Waals surface area (Å²) in [7, 11) is 0. The van der Waals surface area contributed by atoms with Crippen molar-refractivity contribution in [3.8, 4) is 0 Å². The van der Waals surface area contributed by atoms with Crippen molar-refractivity contribution in [2.45, 2.75) is 20.3 Å². The summed E-state index contributed by atoms with van der Waals surface area (Å²) in [4.78, 5) is 11.7. The Bertz CT molecular complexity index is 426. The topological polar surface area (TPSA) is 17.1 Å². The Balaban J connectivity index is 2.36. The van der Waals surface area contributed by atoms with Gasteiger partial charge in [0.15, 0.2) is 5.78 Å². The lowest BCUT2D eigenvalue weighted by molar-refractivity contribution is 0.0958. The minimum atomic E-state index is -0.613. The number of ketones is 1. The lowest BCUT2D eigenvalue weighted by atomic mass is 10.0. The summed E-state index contributed by atoms with van der Waals surface area (Å²) in [5, 5.41) is 0. The van der Waals surface area contributed by atoms with Crippen LogP contribution in [0.15, 0.2) is 12.1 Å². The predicted molar refractivity (Wildman–Crippen MR) is 52.7 cm³/mol. The summed E-state index contributed by atoms with van der Waals surface area (Å²) in [6.07, 6.45) is 0.785. The van der Waals surface area contributed by atoms with Gasteiger partial charge in [-0.1, -0.05) is 6.92 Å². The normalized spacial score (nSPS) is 24.0. The second-order valence-electron chi connectivity index (χ2n) is 4.26. The van der Waals surface area contributed by atoms with Crippen LogP contribution in [0.25, 0.3) is 0 Å². The fourth-order valence-corrected chi connectivity index (χ4v) is 1.72. The third kappa shape index (κ3) is 1.78. The summed E-state index contributed by atoms with van der Waals surface area (Å²) in [6.45, 7) is 3.41. The molecule has 0 radical (unpaired) electrons. The smallest absolute Gasteiger partial charge is 0.169 e. The van der Waals surface area contributed by atoms with E-state index < -0.39 is 11.6 Å². The van der Waals surface area contributed by atoms with Crippen LogP contribution in [0.5, 0.6) is 0 Å². The van der Waals surface area contributed by atoms with Crippen molar-refractivity contribution in [2.75, 3.05) is 0 Å². The van der Waals surface area contributed by atoms with Gasteiger partial charge in [-0.05, 0) is 37.0 Å². The molecule has 1 aromatic rings.